The van der Waals surface area contributed by atoms with Crippen LogP contribution in [0.5, 0.6) is 0 Å². The Bertz CT molecular complexity index is 1090. The quantitative estimate of drug-likeness (QED) is 0.531. The fourth-order valence-electron chi connectivity index (χ4n) is 5.67. The van der Waals surface area contributed by atoms with Crippen molar-refractivity contribution in [2.24, 2.45) is 5.41 Å². The number of carbonyl (C=O) groups is 1. The Hall–Kier alpha value is -2.74. The minimum absolute atomic E-state index is 0.0118. The number of hydrogen-bond acceptors (Lipinski definition) is 6. The van der Waals surface area contributed by atoms with Gasteiger partial charge in [0.05, 0.1) is 28.2 Å². The van der Waals surface area contributed by atoms with Crippen molar-refractivity contribution in [2.75, 3.05) is 13.1 Å². The second-order valence-electron chi connectivity index (χ2n) is 10.7. The Labute approximate surface area is 215 Å². The van der Waals surface area contributed by atoms with Crippen molar-refractivity contribution in [3.05, 3.63) is 41.2 Å². The molecule has 2 aromatic rings. The van der Waals surface area contributed by atoms with Crippen LogP contribution in [0.15, 0.2) is 24.5 Å². The summed E-state index contributed by atoms with van der Waals surface area (Å²) >= 11 is 0. The molecule has 1 saturated carbocycles. The summed E-state index contributed by atoms with van der Waals surface area (Å²) in [7, 11) is 0. The number of alkyl halides is 6. The van der Waals surface area contributed by atoms with Crippen molar-refractivity contribution in [3.63, 3.8) is 0 Å². The SMILES string of the molecule is CC(C)(O)[C@]1(C(=O)NCc2cc(C(F)(F)F)cc(C(F)(F)F)c2)CC[C@@H](N2CCC(n3ncnn3)CC2)C1. The van der Waals surface area contributed by atoms with Crippen molar-refractivity contribution < 1.29 is 36.2 Å². The van der Waals surface area contributed by atoms with Gasteiger partial charge in [0.2, 0.25) is 5.91 Å². The summed E-state index contributed by atoms with van der Waals surface area (Å²) in [6, 6.07) is 1.34. The molecule has 2 N–H and O–H groups in total. The lowest BCUT2D eigenvalue weighted by Crippen LogP contribution is -2.53. The highest BCUT2D eigenvalue weighted by Crippen LogP contribution is 2.49. The van der Waals surface area contributed by atoms with Crippen molar-refractivity contribution in [2.45, 2.75) is 82.5 Å². The molecule has 1 amide bonds. The van der Waals surface area contributed by atoms with Crippen LogP contribution in [0.25, 0.3) is 0 Å². The molecule has 0 spiro atoms. The molecule has 8 nitrogen and oxygen atoms in total. The summed E-state index contributed by atoms with van der Waals surface area (Å²) in [5.41, 5.74) is -5.95. The van der Waals surface area contributed by atoms with E-state index >= 15 is 0 Å². The highest BCUT2D eigenvalue weighted by molar-refractivity contribution is 5.84. The molecular weight excluding hydrogens is 518 g/mol. The minimum atomic E-state index is -4.98. The molecule has 1 saturated heterocycles. The van der Waals surface area contributed by atoms with Crippen molar-refractivity contribution in [3.8, 4) is 0 Å². The van der Waals surface area contributed by atoms with E-state index in [9.17, 15) is 36.2 Å². The van der Waals surface area contributed by atoms with E-state index in [2.05, 4.69) is 25.6 Å². The van der Waals surface area contributed by atoms with E-state index in [0.29, 0.717) is 31.4 Å². The summed E-state index contributed by atoms with van der Waals surface area (Å²) in [5, 5.41) is 25.3. The number of tetrazole rings is 1. The maximum atomic E-state index is 13.4. The summed E-state index contributed by atoms with van der Waals surface area (Å²) in [6.45, 7) is 3.92. The van der Waals surface area contributed by atoms with Gasteiger partial charge in [-0.2, -0.15) is 31.1 Å². The normalized spacial score (nSPS) is 24.1. The van der Waals surface area contributed by atoms with Crippen LogP contribution in [0.4, 0.5) is 26.3 Å². The summed E-state index contributed by atoms with van der Waals surface area (Å²) in [5.74, 6) is -0.597. The van der Waals surface area contributed by atoms with E-state index in [-0.39, 0.29) is 23.7 Å². The topological polar surface area (TPSA) is 96.2 Å². The molecular formula is C24H30F6N6O2. The van der Waals surface area contributed by atoms with Gasteiger partial charge in [0.1, 0.15) is 0 Å². The average molecular weight is 549 g/mol. The first kappa shape index (κ1) is 28.3. The maximum absolute atomic E-state index is 13.4. The van der Waals surface area contributed by atoms with Crippen molar-refractivity contribution in [1.29, 1.82) is 0 Å². The summed E-state index contributed by atoms with van der Waals surface area (Å²) in [4.78, 5) is 17.3. The number of halogens is 6. The van der Waals surface area contributed by atoms with Gasteiger partial charge in [-0.25, -0.2) is 0 Å². The third kappa shape index (κ3) is 5.80. The van der Waals surface area contributed by atoms with Crippen LogP contribution in [0.1, 0.15) is 68.7 Å². The predicted molar refractivity (Wildman–Crippen MR) is 122 cm³/mol. The van der Waals surface area contributed by atoms with Crippen LogP contribution in [-0.2, 0) is 23.7 Å². The molecule has 14 heteroatoms. The molecule has 1 aromatic heterocycles. The number of amides is 1. The minimum Gasteiger partial charge on any atom is -0.389 e. The first-order valence-corrected chi connectivity index (χ1v) is 12.4. The molecule has 1 aromatic carbocycles. The van der Waals surface area contributed by atoms with Crippen molar-refractivity contribution in [1.82, 2.24) is 30.4 Å². The number of benzene rings is 1. The number of aliphatic hydroxyl groups is 1. The van der Waals surface area contributed by atoms with Gasteiger partial charge in [-0.1, -0.05) is 0 Å². The van der Waals surface area contributed by atoms with Gasteiger partial charge in [0, 0.05) is 25.7 Å². The van der Waals surface area contributed by atoms with Gasteiger partial charge >= 0.3 is 12.4 Å². The fraction of sp³-hybridized carbons (Fsp3) is 0.667. The molecule has 1 aliphatic heterocycles. The molecule has 2 heterocycles. The first-order valence-electron chi connectivity index (χ1n) is 12.4. The Morgan fingerprint density at radius 2 is 1.63 bits per heavy atom. The van der Waals surface area contributed by atoms with Crippen LogP contribution in [0, 0.1) is 5.41 Å². The molecule has 0 radical (unpaired) electrons. The molecule has 210 valence electrons. The lowest BCUT2D eigenvalue weighted by molar-refractivity contribution is -0.147. The lowest BCUT2D eigenvalue weighted by Gasteiger charge is -2.41. The van der Waals surface area contributed by atoms with Crippen LogP contribution in [0.2, 0.25) is 0 Å². The van der Waals surface area contributed by atoms with E-state index < -0.39 is 46.9 Å². The zero-order valence-electron chi connectivity index (χ0n) is 21.0. The molecule has 2 aliphatic rings. The number of carbonyl (C=O) groups excluding carboxylic acids is 1. The van der Waals surface area contributed by atoms with E-state index in [1.165, 1.54) is 20.2 Å². The molecule has 1 aliphatic carbocycles. The molecule has 2 fully saturated rings. The van der Waals surface area contributed by atoms with Crippen LogP contribution in [0.3, 0.4) is 0 Å². The molecule has 4 rings (SSSR count). The Balaban J connectivity index is 1.46. The van der Waals surface area contributed by atoms with Gasteiger partial charge in [-0.3, -0.25) is 4.79 Å². The number of likely N-dealkylation sites (tertiary alicyclic amines) is 1. The van der Waals surface area contributed by atoms with Crippen molar-refractivity contribution >= 4 is 5.91 Å². The zero-order valence-corrected chi connectivity index (χ0v) is 21.0. The fourth-order valence-corrected chi connectivity index (χ4v) is 5.67. The second kappa shape index (κ2) is 10.1. The van der Waals surface area contributed by atoms with E-state index in [4.69, 9.17) is 0 Å². The van der Waals surface area contributed by atoms with Gasteiger partial charge in [0.25, 0.3) is 0 Å². The second-order valence-corrected chi connectivity index (χ2v) is 10.7. The number of aromatic nitrogens is 4. The molecule has 0 unspecified atom stereocenters. The number of hydrogen-bond donors (Lipinski definition) is 2. The molecule has 0 bridgehead atoms. The van der Waals surface area contributed by atoms with Gasteiger partial charge in [-0.15, -0.1) is 10.2 Å². The number of piperidine rings is 1. The number of rotatable bonds is 6. The van der Waals surface area contributed by atoms with E-state index in [1.807, 2.05) is 0 Å². The monoisotopic (exact) mass is 548 g/mol. The molecule has 2 atom stereocenters. The summed E-state index contributed by atoms with van der Waals surface area (Å²) in [6.07, 6.45) is -5.76. The lowest BCUT2D eigenvalue weighted by atomic mass is 9.71. The highest BCUT2D eigenvalue weighted by Gasteiger charge is 2.55. The third-order valence-electron chi connectivity index (χ3n) is 7.90. The van der Waals surface area contributed by atoms with Crippen LogP contribution >= 0.6 is 0 Å². The van der Waals surface area contributed by atoms with E-state index in [1.54, 1.807) is 4.80 Å². The van der Waals surface area contributed by atoms with Gasteiger partial charge < -0.3 is 15.3 Å². The Morgan fingerprint density at radius 1 is 1.03 bits per heavy atom. The number of nitrogens with zero attached hydrogens (tertiary/aromatic N) is 5. The Kier molecular flexibility index (Phi) is 7.51. The smallest absolute Gasteiger partial charge is 0.389 e. The van der Waals surface area contributed by atoms with Crippen LogP contribution < -0.4 is 5.32 Å². The zero-order chi connectivity index (χ0) is 27.9. The largest absolute Gasteiger partial charge is 0.416 e. The Morgan fingerprint density at radius 3 is 2.13 bits per heavy atom. The number of nitrogens with one attached hydrogen (secondary N) is 1. The van der Waals surface area contributed by atoms with Gasteiger partial charge in [0.15, 0.2) is 6.33 Å². The first-order chi connectivity index (χ1) is 17.6. The average Bonchev–Trinajstić information content (AvgIpc) is 3.52. The van der Waals surface area contributed by atoms with E-state index in [0.717, 1.165) is 25.9 Å². The standard InChI is InChI=1S/C24H30F6N6O2/c1-21(2,38)22(6-3-19(12-22)35-7-4-18(5-8-35)36-33-14-32-34-36)20(37)31-13-15-9-16(23(25,26)27)11-17(10-15)24(28,29)30/h9-11,14,18-19,38H,3-8,12-13H2,1-2H3,(H,31,37)/t19-,22-/m1/s1. The highest BCUT2D eigenvalue weighted by atomic mass is 19.4. The predicted octanol–water partition coefficient (Wildman–Crippen LogP) is 3.97. The summed E-state index contributed by atoms with van der Waals surface area (Å²) < 4.78 is 79.3. The third-order valence-corrected chi connectivity index (χ3v) is 7.90. The molecule has 38 heavy (non-hydrogen) atoms. The van der Waals surface area contributed by atoms with Crippen LogP contribution in [-0.4, -0.2) is 60.9 Å². The van der Waals surface area contributed by atoms with Gasteiger partial charge in [-0.05, 0) is 74.9 Å². The maximum Gasteiger partial charge on any atom is 0.416 e.